The molecule has 3 heteroatoms. The molecule has 2 spiro atoms. The molecule has 0 radical (unpaired) electrons. The first-order valence-corrected chi connectivity index (χ1v) is 9.29. The molecule has 0 N–H and O–H groups in total. The van der Waals surface area contributed by atoms with Crippen LogP contribution in [-0.4, -0.2) is 9.74 Å². The van der Waals surface area contributed by atoms with Gasteiger partial charge in [-0.15, -0.1) is 0 Å². The van der Waals surface area contributed by atoms with Gasteiger partial charge < -0.3 is 0 Å². The highest BCUT2D eigenvalue weighted by molar-refractivity contribution is 8.02. The molecule has 0 aromatic carbocycles. The fourth-order valence-electron chi connectivity index (χ4n) is 5.25. The van der Waals surface area contributed by atoms with E-state index in [-0.39, 0.29) is 31.4 Å². The van der Waals surface area contributed by atoms with Gasteiger partial charge in [-0.2, -0.15) is 10.2 Å². The van der Waals surface area contributed by atoms with Gasteiger partial charge in [-0.1, -0.05) is 67.2 Å². The molecule has 21 heavy (non-hydrogen) atoms. The van der Waals surface area contributed by atoms with Gasteiger partial charge in [0.25, 0.3) is 0 Å². The third-order valence-corrected chi connectivity index (χ3v) is 10.0. The minimum absolute atomic E-state index is 0.0567. The topological polar surface area (TPSA) is 24.7 Å². The first-order valence-electron chi connectivity index (χ1n) is 8.47. The van der Waals surface area contributed by atoms with Crippen molar-refractivity contribution in [3.8, 4) is 0 Å². The van der Waals surface area contributed by atoms with Crippen molar-refractivity contribution in [3.05, 3.63) is 0 Å². The smallest absolute Gasteiger partial charge is 0.139 e. The molecular weight excluding hydrogens is 276 g/mol. The van der Waals surface area contributed by atoms with E-state index in [1.807, 2.05) is 0 Å². The zero-order valence-corrected chi connectivity index (χ0v) is 15.9. The lowest BCUT2D eigenvalue weighted by Crippen LogP contribution is -2.50. The minimum atomic E-state index is -0.0567. The van der Waals surface area contributed by atoms with Crippen LogP contribution in [0, 0.1) is 21.7 Å². The Balaban J connectivity index is 2.12. The van der Waals surface area contributed by atoms with Gasteiger partial charge in [-0.05, 0) is 25.7 Å². The molecule has 0 aromatic rings. The Hall–Kier alpha value is -0.0500. The number of azo groups is 1. The fraction of sp³-hybridized carbons (Fsp3) is 1.00. The first kappa shape index (κ1) is 15.8. The van der Waals surface area contributed by atoms with Crippen molar-refractivity contribution in [2.75, 3.05) is 0 Å². The third kappa shape index (κ3) is 1.62. The van der Waals surface area contributed by atoms with Gasteiger partial charge in [0.05, 0.1) is 0 Å². The summed E-state index contributed by atoms with van der Waals surface area (Å²) in [5.41, 5.74) is 0.900. The van der Waals surface area contributed by atoms with E-state index < -0.39 is 0 Å². The van der Waals surface area contributed by atoms with Crippen molar-refractivity contribution < 1.29 is 0 Å². The summed E-state index contributed by atoms with van der Waals surface area (Å²) >= 11 is 2.12. The third-order valence-electron chi connectivity index (χ3n) is 7.05. The Kier molecular flexibility index (Phi) is 2.93. The fourth-order valence-corrected chi connectivity index (χ4v) is 7.35. The number of thioether (sulfide) groups is 1. The molecule has 1 heterocycles. The van der Waals surface area contributed by atoms with Crippen LogP contribution < -0.4 is 0 Å². The van der Waals surface area contributed by atoms with E-state index in [0.717, 1.165) is 0 Å². The molecule has 0 aromatic heterocycles. The molecule has 0 bridgehead atoms. The van der Waals surface area contributed by atoms with Crippen LogP contribution in [0.15, 0.2) is 10.2 Å². The van der Waals surface area contributed by atoms with Crippen molar-refractivity contribution >= 4 is 11.8 Å². The van der Waals surface area contributed by atoms with Crippen molar-refractivity contribution in [2.45, 2.75) is 90.8 Å². The second-order valence-electron chi connectivity index (χ2n) is 10.1. The van der Waals surface area contributed by atoms with Crippen molar-refractivity contribution in [3.63, 3.8) is 0 Å². The highest BCUT2D eigenvalue weighted by Gasteiger charge is 2.73. The van der Waals surface area contributed by atoms with Crippen LogP contribution in [0.2, 0.25) is 0 Å². The number of hydrogen-bond acceptors (Lipinski definition) is 3. The molecule has 0 saturated heterocycles. The summed E-state index contributed by atoms with van der Waals surface area (Å²) in [6, 6.07) is 0. The normalized spacial score (nSPS) is 35.8. The quantitative estimate of drug-likeness (QED) is 0.517. The predicted octanol–water partition coefficient (Wildman–Crippen LogP) is 6.27. The van der Waals surface area contributed by atoms with Crippen LogP contribution in [0.3, 0.4) is 0 Å². The molecule has 0 amide bonds. The van der Waals surface area contributed by atoms with Crippen LogP contribution in [0.1, 0.15) is 81.1 Å². The number of nitrogens with zero attached hydrogens (tertiary/aromatic N) is 2. The van der Waals surface area contributed by atoms with Crippen LogP contribution in [0.4, 0.5) is 0 Å². The average molecular weight is 309 g/mol. The highest BCUT2D eigenvalue weighted by Crippen LogP contribution is 2.76. The summed E-state index contributed by atoms with van der Waals surface area (Å²) in [6.45, 7) is 19.2. The molecular formula is C18H32N2S. The van der Waals surface area contributed by atoms with Gasteiger partial charge in [0.1, 0.15) is 9.74 Å². The highest BCUT2D eigenvalue weighted by atomic mass is 32.2. The summed E-state index contributed by atoms with van der Waals surface area (Å²) in [5, 5.41) is 10.2. The molecule has 2 saturated carbocycles. The number of hydrogen-bond donors (Lipinski definition) is 0. The zero-order chi connectivity index (χ0) is 15.9. The molecule has 2 fully saturated rings. The molecule has 3 aliphatic rings. The maximum atomic E-state index is 5.09. The Morgan fingerprint density at radius 1 is 0.524 bits per heavy atom. The molecule has 1 aliphatic heterocycles. The van der Waals surface area contributed by atoms with Gasteiger partial charge in [0.15, 0.2) is 0 Å². The van der Waals surface area contributed by atoms with E-state index >= 15 is 0 Å². The van der Waals surface area contributed by atoms with Crippen LogP contribution in [-0.2, 0) is 0 Å². The second-order valence-corrected chi connectivity index (χ2v) is 11.5. The molecule has 2 aliphatic carbocycles. The van der Waals surface area contributed by atoms with E-state index in [2.05, 4.69) is 67.2 Å². The maximum absolute atomic E-state index is 5.09. The van der Waals surface area contributed by atoms with E-state index in [1.165, 1.54) is 25.7 Å². The van der Waals surface area contributed by atoms with E-state index in [1.54, 1.807) is 0 Å². The van der Waals surface area contributed by atoms with Crippen molar-refractivity contribution in [2.24, 2.45) is 31.9 Å². The molecule has 0 atom stereocenters. The SMILES string of the molecule is CC1(C)CCC(C)(C)C12N=NC1(S2)C(C)(C)CCC1(C)C. The standard InChI is InChI=1S/C18H32N2S/c1-13(2)9-10-14(3,4)17(13)19-20-18(21-17)15(5,6)11-12-16(18,7)8/h9-12H2,1-8H3. The van der Waals surface area contributed by atoms with E-state index in [4.69, 9.17) is 10.2 Å². The van der Waals surface area contributed by atoms with Crippen LogP contribution in [0.25, 0.3) is 0 Å². The summed E-state index contributed by atoms with van der Waals surface area (Å²) in [5.74, 6) is 0. The molecule has 0 unspecified atom stereocenters. The predicted molar refractivity (Wildman–Crippen MR) is 91.5 cm³/mol. The van der Waals surface area contributed by atoms with Gasteiger partial charge in [-0.25, -0.2) is 0 Å². The van der Waals surface area contributed by atoms with Gasteiger partial charge in [0.2, 0.25) is 0 Å². The summed E-state index contributed by atoms with van der Waals surface area (Å²) in [4.78, 5) is -0.113. The molecule has 2 nitrogen and oxygen atoms in total. The molecule has 3 rings (SSSR count). The first-order chi connectivity index (χ1) is 9.33. The van der Waals surface area contributed by atoms with E-state index in [9.17, 15) is 0 Å². The van der Waals surface area contributed by atoms with Crippen LogP contribution >= 0.6 is 11.8 Å². The van der Waals surface area contributed by atoms with Gasteiger partial charge in [-0.3, -0.25) is 0 Å². The minimum Gasteiger partial charge on any atom is -0.174 e. The Bertz CT molecular complexity index is 423. The maximum Gasteiger partial charge on any atom is 0.139 e. The lowest BCUT2D eigenvalue weighted by Gasteiger charge is -2.48. The van der Waals surface area contributed by atoms with E-state index in [0.29, 0.717) is 0 Å². The summed E-state index contributed by atoms with van der Waals surface area (Å²) < 4.78 is 0. The largest absolute Gasteiger partial charge is 0.174 e. The average Bonchev–Trinajstić information content (AvgIpc) is 2.90. The van der Waals surface area contributed by atoms with Gasteiger partial charge >= 0.3 is 0 Å². The Labute approximate surface area is 134 Å². The van der Waals surface area contributed by atoms with Crippen molar-refractivity contribution in [1.82, 2.24) is 0 Å². The summed E-state index contributed by atoms with van der Waals surface area (Å²) in [6.07, 6.45) is 5.01. The monoisotopic (exact) mass is 308 g/mol. The summed E-state index contributed by atoms with van der Waals surface area (Å²) in [7, 11) is 0. The van der Waals surface area contributed by atoms with Gasteiger partial charge in [0, 0.05) is 21.7 Å². The molecule has 120 valence electrons. The second kappa shape index (κ2) is 3.88. The zero-order valence-electron chi connectivity index (χ0n) is 15.1. The van der Waals surface area contributed by atoms with Crippen molar-refractivity contribution in [1.29, 1.82) is 0 Å². The lowest BCUT2D eigenvalue weighted by atomic mass is 9.78. The Morgan fingerprint density at radius 2 is 0.762 bits per heavy atom. The lowest BCUT2D eigenvalue weighted by molar-refractivity contribution is 0.199. The number of rotatable bonds is 0. The Morgan fingerprint density at radius 3 is 1.00 bits per heavy atom. The van der Waals surface area contributed by atoms with Crippen LogP contribution in [0.5, 0.6) is 0 Å².